The summed E-state index contributed by atoms with van der Waals surface area (Å²) < 4.78 is 4.83. The first-order valence-corrected chi connectivity index (χ1v) is 5.55. The Morgan fingerprint density at radius 1 is 1.79 bits per heavy atom. The third kappa shape index (κ3) is 3.55. The van der Waals surface area contributed by atoms with E-state index in [0.717, 1.165) is 11.3 Å². The van der Waals surface area contributed by atoms with Gasteiger partial charge >= 0.3 is 5.97 Å². The van der Waals surface area contributed by atoms with Crippen molar-refractivity contribution in [1.29, 1.82) is 0 Å². The number of rotatable bonds is 4. The summed E-state index contributed by atoms with van der Waals surface area (Å²) >= 11 is 1.58. The second-order valence-corrected chi connectivity index (χ2v) is 3.93. The minimum Gasteiger partial charge on any atom is -0.466 e. The molecule has 2 N–H and O–H groups in total. The monoisotopic (exact) mass is 213 g/mol. The predicted octanol–water partition coefficient (Wildman–Crippen LogP) is 1.80. The van der Waals surface area contributed by atoms with Gasteiger partial charge in [-0.3, -0.25) is 4.79 Å². The second kappa shape index (κ2) is 5.88. The van der Waals surface area contributed by atoms with Gasteiger partial charge in [-0.1, -0.05) is 12.2 Å². The standard InChI is InChI=1S/C10H15NO2S/c1-2-13-10(12)7-8(11)9-5-3-4-6-14-9/h4-6,8H,2-3,7,11H2,1H3. The molecule has 0 fully saturated rings. The molecular weight excluding hydrogens is 198 g/mol. The molecule has 0 aromatic heterocycles. The Morgan fingerprint density at radius 2 is 2.57 bits per heavy atom. The van der Waals surface area contributed by atoms with Gasteiger partial charge in [-0.15, -0.1) is 11.8 Å². The van der Waals surface area contributed by atoms with Gasteiger partial charge < -0.3 is 10.5 Å². The maximum Gasteiger partial charge on any atom is 0.307 e. The summed E-state index contributed by atoms with van der Waals surface area (Å²) in [5.74, 6) is -0.226. The zero-order valence-corrected chi connectivity index (χ0v) is 9.05. The van der Waals surface area contributed by atoms with Gasteiger partial charge in [0.1, 0.15) is 0 Å². The first-order chi connectivity index (χ1) is 6.74. The van der Waals surface area contributed by atoms with Crippen LogP contribution in [0, 0.1) is 0 Å². The molecule has 1 rings (SSSR count). The lowest BCUT2D eigenvalue weighted by Gasteiger charge is -2.15. The number of esters is 1. The van der Waals surface area contributed by atoms with Crippen LogP contribution in [0.15, 0.2) is 22.5 Å². The highest BCUT2D eigenvalue weighted by molar-refractivity contribution is 8.05. The van der Waals surface area contributed by atoms with Crippen LogP contribution in [0.1, 0.15) is 19.8 Å². The number of carbonyl (C=O) groups is 1. The van der Waals surface area contributed by atoms with Crippen LogP contribution in [0.3, 0.4) is 0 Å². The van der Waals surface area contributed by atoms with Crippen molar-refractivity contribution < 1.29 is 9.53 Å². The second-order valence-electron chi connectivity index (χ2n) is 2.95. The molecule has 1 unspecified atom stereocenters. The highest BCUT2D eigenvalue weighted by Crippen LogP contribution is 2.25. The zero-order valence-electron chi connectivity index (χ0n) is 8.23. The van der Waals surface area contributed by atoms with E-state index in [9.17, 15) is 4.79 Å². The maximum absolute atomic E-state index is 11.1. The Bertz CT molecular complexity index is 261. The van der Waals surface area contributed by atoms with Gasteiger partial charge in [0.05, 0.1) is 13.0 Å². The molecule has 0 radical (unpaired) electrons. The van der Waals surface area contributed by atoms with Crippen molar-refractivity contribution in [2.24, 2.45) is 5.73 Å². The first-order valence-electron chi connectivity index (χ1n) is 4.67. The Balaban J connectivity index is 2.37. The molecule has 0 spiro atoms. The summed E-state index contributed by atoms with van der Waals surface area (Å²) in [5, 5.41) is 2.00. The predicted molar refractivity (Wildman–Crippen MR) is 58.7 cm³/mol. The fraction of sp³-hybridized carbons (Fsp3) is 0.500. The van der Waals surface area contributed by atoms with Crippen LogP contribution in [0.4, 0.5) is 0 Å². The molecule has 0 saturated carbocycles. The van der Waals surface area contributed by atoms with E-state index < -0.39 is 0 Å². The molecule has 3 nitrogen and oxygen atoms in total. The summed E-state index contributed by atoms with van der Waals surface area (Å²) in [6, 6.07) is -0.219. The maximum atomic E-state index is 11.1. The van der Waals surface area contributed by atoms with Crippen molar-refractivity contribution in [2.75, 3.05) is 6.61 Å². The SMILES string of the molecule is CCOC(=O)CC(N)C1=CCC=CS1. The normalized spacial score (nSPS) is 17.4. The van der Waals surface area contributed by atoms with Crippen LogP contribution in [0.25, 0.3) is 0 Å². The highest BCUT2D eigenvalue weighted by Gasteiger charge is 2.15. The Labute approximate surface area is 88.4 Å². The average Bonchev–Trinajstić information content (AvgIpc) is 2.19. The molecule has 0 saturated heterocycles. The lowest BCUT2D eigenvalue weighted by molar-refractivity contribution is -0.143. The summed E-state index contributed by atoms with van der Waals surface area (Å²) in [4.78, 5) is 12.2. The molecule has 0 aromatic carbocycles. The van der Waals surface area contributed by atoms with Crippen LogP contribution < -0.4 is 5.73 Å². The minimum atomic E-state index is -0.226. The zero-order chi connectivity index (χ0) is 10.4. The highest BCUT2D eigenvalue weighted by atomic mass is 32.2. The van der Waals surface area contributed by atoms with Crippen LogP contribution in [0.5, 0.6) is 0 Å². The van der Waals surface area contributed by atoms with Gasteiger partial charge in [0, 0.05) is 10.9 Å². The lowest BCUT2D eigenvalue weighted by atomic mass is 10.2. The van der Waals surface area contributed by atoms with Crippen LogP contribution in [-0.2, 0) is 9.53 Å². The molecule has 4 heteroatoms. The van der Waals surface area contributed by atoms with Crippen molar-refractivity contribution in [3.63, 3.8) is 0 Å². The molecule has 0 amide bonds. The third-order valence-corrected chi connectivity index (χ3v) is 2.88. The Kier molecular flexibility index (Phi) is 4.76. The van der Waals surface area contributed by atoms with Crippen molar-refractivity contribution in [2.45, 2.75) is 25.8 Å². The van der Waals surface area contributed by atoms with E-state index in [-0.39, 0.29) is 18.4 Å². The molecule has 0 bridgehead atoms. The summed E-state index contributed by atoms with van der Waals surface area (Å²) in [7, 11) is 0. The number of hydrogen-bond acceptors (Lipinski definition) is 4. The van der Waals surface area contributed by atoms with E-state index in [2.05, 4.69) is 12.2 Å². The van der Waals surface area contributed by atoms with Crippen molar-refractivity contribution in [1.82, 2.24) is 0 Å². The average molecular weight is 213 g/mol. The van der Waals surface area contributed by atoms with Gasteiger partial charge in [0.2, 0.25) is 0 Å². The van der Waals surface area contributed by atoms with Crippen LogP contribution >= 0.6 is 11.8 Å². The minimum absolute atomic E-state index is 0.219. The van der Waals surface area contributed by atoms with E-state index in [1.54, 1.807) is 18.7 Å². The topological polar surface area (TPSA) is 52.3 Å². The Hall–Kier alpha value is -0.740. The quantitative estimate of drug-likeness (QED) is 0.723. The molecule has 1 aliphatic heterocycles. The molecule has 1 heterocycles. The van der Waals surface area contributed by atoms with E-state index in [1.165, 1.54) is 0 Å². The van der Waals surface area contributed by atoms with Crippen molar-refractivity contribution in [3.05, 3.63) is 22.5 Å². The first kappa shape index (κ1) is 11.3. The number of allylic oxidation sites excluding steroid dienone is 2. The molecule has 1 aliphatic rings. The van der Waals surface area contributed by atoms with Gasteiger partial charge in [-0.25, -0.2) is 0 Å². The Morgan fingerprint density at radius 3 is 3.14 bits per heavy atom. The molecule has 0 aromatic rings. The molecule has 14 heavy (non-hydrogen) atoms. The molecule has 78 valence electrons. The van der Waals surface area contributed by atoms with Gasteiger partial charge in [0.15, 0.2) is 0 Å². The number of hydrogen-bond donors (Lipinski definition) is 1. The number of carbonyl (C=O) groups excluding carboxylic acids is 1. The fourth-order valence-electron chi connectivity index (χ4n) is 1.15. The number of ether oxygens (including phenoxy) is 1. The smallest absolute Gasteiger partial charge is 0.307 e. The van der Waals surface area contributed by atoms with Crippen molar-refractivity contribution >= 4 is 17.7 Å². The van der Waals surface area contributed by atoms with E-state index >= 15 is 0 Å². The summed E-state index contributed by atoms with van der Waals surface area (Å²) in [6.07, 6.45) is 5.28. The van der Waals surface area contributed by atoms with E-state index in [0.29, 0.717) is 6.61 Å². The fourth-order valence-corrected chi connectivity index (χ4v) is 1.97. The van der Waals surface area contributed by atoms with Gasteiger partial charge in [0.25, 0.3) is 0 Å². The number of thioether (sulfide) groups is 1. The van der Waals surface area contributed by atoms with E-state index in [4.69, 9.17) is 10.5 Å². The molecule has 1 atom stereocenters. The van der Waals surface area contributed by atoms with Crippen LogP contribution in [0.2, 0.25) is 0 Å². The number of nitrogens with two attached hydrogens (primary N) is 1. The van der Waals surface area contributed by atoms with Gasteiger partial charge in [-0.2, -0.15) is 0 Å². The molecular formula is C10H15NO2S. The van der Waals surface area contributed by atoms with Crippen LogP contribution in [-0.4, -0.2) is 18.6 Å². The summed E-state index contributed by atoms with van der Waals surface area (Å²) in [5.41, 5.74) is 5.86. The summed E-state index contributed by atoms with van der Waals surface area (Å²) in [6.45, 7) is 2.21. The largest absolute Gasteiger partial charge is 0.466 e. The van der Waals surface area contributed by atoms with E-state index in [1.807, 2.05) is 5.41 Å². The van der Waals surface area contributed by atoms with Gasteiger partial charge in [-0.05, 0) is 18.8 Å². The molecule has 0 aliphatic carbocycles. The third-order valence-electron chi connectivity index (χ3n) is 1.81. The van der Waals surface area contributed by atoms with Crippen molar-refractivity contribution in [3.8, 4) is 0 Å². The lowest BCUT2D eigenvalue weighted by Crippen LogP contribution is -2.26.